The molecule has 0 aliphatic carbocycles. The SMILES string of the molecule is CCc1c(NS(=O)N2CCC(F)C2)ccc(F)c1C(=O)c1c[nH]c2ncc(Br)cc12. The highest BCUT2D eigenvalue weighted by molar-refractivity contribution is 9.10. The molecule has 6 nitrogen and oxygen atoms in total. The fourth-order valence-corrected chi connectivity index (χ4v) is 5.03. The van der Waals surface area contributed by atoms with Gasteiger partial charge in [0.15, 0.2) is 17.0 Å². The molecule has 30 heavy (non-hydrogen) atoms. The maximum Gasteiger partial charge on any atom is 0.198 e. The van der Waals surface area contributed by atoms with Crippen molar-refractivity contribution in [2.45, 2.75) is 25.9 Å². The zero-order chi connectivity index (χ0) is 21.4. The molecule has 0 spiro atoms. The molecule has 3 aromatic rings. The molecule has 0 amide bonds. The first-order valence-electron chi connectivity index (χ1n) is 9.45. The van der Waals surface area contributed by atoms with Gasteiger partial charge in [-0.05, 0) is 52.5 Å². The van der Waals surface area contributed by atoms with Gasteiger partial charge >= 0.3 is 0 Å². The number of hydrogen-bond acceptors (Lipinski definition) is 3. The van der Waals surface area contributed by atoms with E-state index in [1.807, 2.05) is 0 Å². The van der Waals surface area contributed by atoms with E-state index in [2.05, 4.69) is 30.6 Å². The van der Waals surface area contributed by atoms with Crippen molar-refractivity contribution >= 4 is 49.6 Å². The first kappa shape index (κ1) is 21.1. The number of nitrogens with zero attached hydrogens (tertiary/aromatic N) is 2. The number of benzene rings is 1. The van der Waals surface area contributed by atoms with E-state index in [0.29, 0.717) is 51.7 Å². The Bertz CT molecular complexity index is 1150. The van der Waals surface area contributed by atoms with E-state index in [0.717, 1.165) is 0 Å². The number of ketones is 1. The van der Waals surface area contributed by atoms with Crippen LogP contribution in [0.15, 0.2) is 35.1 Å². The van der Waals surface area contributed by atoms with Crippen LogP contribution in [0.5, 0.6) is 0 Å². The third-order valence-electron chi connectivity index (χ3n) is 5.11. The van der Waals surface area contributed by atoms with Gasteiger partial charge < -0.3 is 4.98 Å². The van der Waals surface area contributed by atoms with Crippen molar-refractivity contribution in [1.82, 2.24) is 14.3 Å². The number of pyridine rings is 1. The second-order valence-corrected chi connectivity index (χ2v) is 9.14. The van der Waals surface area contributed by atoms with Crippen molar-refractivity contribution in [1.29, 1.82) is 0 Å². The van der Waals surface area contributed by atoms with Crippen LogP contribution in [-0.4, -0.2) is 43.5 Å². The number of fused-ring (bicyclic) bond motifs is 1. The number of aromatic nitrogens is 2. The molecular weight excluding hydrogens is 478 g/mol. The Morgan fingerprint density at radius 1 is 1.47 bits per heavy atom. The van der Waals surface area contributed by atoms with Gasteiger partial charge in [-0.2, -0.15) is 0 Å². The summed E-state index contributed by atoms with van der Waals surface area (Å²) in [4.78, 5) is 20.4. The quantitative estimate of drug-likeness (QED) is 0.499. The van der Waals surface area contributed by atoms with E-state index < -0.39 is 28.9 Å². The van der Waals surface area contributed by atoms with Crippen molar-refractivity contribution in [2.24, 2.45) is 0 Å². The summed E-state index contributed by atoms with van der Waals surface area (Å²) in [6.07, 6.45) is 2.77. The summed E-state index contributed by atoms with van der Waals surface area (Å²) in [6, 6.07) is 4.38. The highest BCUT2D eigenvalue weighted by Crippen LogP contribution is 2.30. The predicted molar refractivity (Wildman–Crippen MR) is 116 cm³/mol. The molecule has 1 aliphatic heterocycles. The monoisotopic (exact) mass is 496 g/mol. The van der Waals surface area contributed by atoms with Gasteiger partial charge in [0, 0.05) is 40.9 Å². The summed E-state index contributed by atoms with van der Waals surface area (Å²) in [5.74, 6) is -1.15. The number of carbonyl (C=O) groups excluding carboxylic acids is 1. The van der Waals surface area contributed by atoms with Crippen molar-refractivity contribution < 1.29 is 17.8 Å². The number of carbonyl (C=O) groups is 1. The lowest BCUT2D eigenvalue weighted by Crippen LogP contribution is -2.29. The highest BCUT2D eigenvalue weighted by atomic mass is 79.9. The zero-order valence-corrected chi connectivity index (χ0v) is 18.4. The second-order valence-electron chi connectivity index (χ2n) is 7.01. The molecule has 2 atom stereocenters. The zero-order valence-electron chi connectivity index (χ0n) is 16.0. The molecule has 4 rings (SSSR count). The molecule has 0 radical (unpaired) electrons. The number of nitrogens with one attached hydrogen (secondary N) is 2. The van der Waals surface area contributed by atoms with Gasteiger partial charge in [0.2, 0.25) is 0 Å². The van der Waals surface area contributed by atoms with Crippen molar-refractivity contribution in [3.05, 3.63) is 57.6 Å². The third kappa shape index (κ3) is 3.91. The third-order valence-corrected chi connectivity index (χ3v) is 6.74. The maximum atomic E-state index is 14.8. The number of halogens is 3. The van der Waals surface area contributed by atoms with Crippen LogP contribution in [0.25, 0.3) is 11.0 Å². The molecule has 10 heteroatoms. The summed E-state index contributed by atoms with van der Waals surface area (Å²) < 4.78 is 45.9. The summed E-state index contributed by atoms with van der Waals surface area (Å²) in [7, 11) is 0. The minimum Gasteiger partial charge on any atom is -0.345 e. The van der Waals surface area contributed by atoms with Crippen LogP contribution in [0.1, 0.15) is 34.8 Å². The van der Waals surface area contributed by atoms with Gasteiger partial charge in [-0.3, -0.25) is 9.52 Å². The lowest BCUT2D eigenvalue weighted by atomic mass is 9.95. The largest absolute Gasteiger partial charge is 0.345 e. The van der Waals surface area contributed by atoms with E-state index in [4.69, 9.17) is 0 Å². The fourth-order valence-electron chi connectivity index (χ4n) is 3.62. The van der Waals surface area contributed by atoms with Gasteiger partial charge in [0.25, 0.3) is 0 Å². The van der Waals surface area contributed by atoms with E-state index in [1.165, 1.54) is 22.6 Å². The Labute approximate surface area is 182 Å². The molecule has 0 saturated carbocycles. The van der Waals surface area contributed by atoms with Gasteiger partial charge in [-0.15, -0.1) is 0 Å². The van der Waals surface area contributed by atoms with Crippen LogP contribution < -0.4 is 4.72 Å². The standard InChI is InChI=1S/C20H19BrF2N4O2S/c1-2-13-17(26-30(29)27-6-5-12(22)10-27)4-3-16(23)18(13)19(28)15-9-25-20-14(15)7-11(21)8-24-20/h3-4,7-9,12,26H,2,5-6,10H2,1H3,(H,24,25). The lowest BCUT2D eigenvalue weighted by Gasteiger charge is -2.19. The topological polar surface area (TPSA) is 78.1 Å². The van der Waals surface area contributed by atoms with E-state index in [9.17, 15) is 17.8 Å². The van der Waals surface area contributed by atoms with Crippen molar-refractivity contribution in [3.8, 4) is 0 Å². The Morgan fingerprint density at radius 2 is 2.27 bits per heavy atom. The minimum atomic E-state index is -1.68. The molecule has 0 bridgehead atoms. The van der Waals surface area contributed by atoms with Gasteiger partial charge in [0.05, 0.1) is 11.3 Å². The summed E-state index contributed by atoms with van der Waals surface area (Å²) in [5.41, 5.74) is 1.55. The summed E-state index contributed by atoms with van der Waals surface area (Å²) in [5, 5.41) is 0.573. The number of alkyl halides is 1. The first-order valence-corrected chi connectivity index (χ1v) is 11.3. The Balaban J connectivity index is 1.72. The van der Waals surface area contributed by atoms with Crippen LogP contribution in [0.3, 0.4) is 0 Å². The van der Waals surface area contributed by atoms with Crippen LogP contribution in [0, 0.1) is 5.82 Å². The summed E-state index contributed by atoms with van der Waals surface area (Å²) >= 11 is 1.66. The number of rotatable bonds is 6. The van der Waals surface area contributed by atoms with Crippen LogP contribution in [0.4, 0.5) is 14.5 Å². The number of hydrogen-bond donors (Lipinski definition) is 2. The molecule has 158 valence electrons. The van der Waals surface area contributed by atoms with Crippen molar-refractivity contribution in [2.75, 3.05) is 17.8 Å². The van der Waals surface area contributed by atoms with E-state index in [-0.39, 0.29) is 12.1 Å². The van der Waals surface area contributed by atoms with Crippen LogP contribution >= 0.6 is 15.9 Å². The molecule has 1 aromatic carbocycles. The second kappa shape index (κ2) is 8.52. The van der Waals surface area contributed by atoms with Crippen LogP contribution in [-0.2, 0) is 17.6 Å². The van der Waals surface area contributed by atoms with E-state index in [1.54, 1.807) is 19.2 Å². The number of aromatic amines is 1. The average molecular weight is 497 g/mol. The lowest BCUT2D eigenvalue weighted by molar-refractivity contribution is 0.103. The molecule has 2 N–H and O–H groups in total. The van der Waals surface area contributed by atoms with E-state index >= 15 is 0 Å². The normalized spacial score (nSPS) is 18.1. The van der Waals surface area contributed by atoms with Gasteiger partial charge in [0.1, 0.15) is 17.6 Å². The van der Waals surface area contributed by atoms with Gasteiger partial charge in [-0.25, -0.2) is 22.3 Å². The summed E-state index contributed by atoms with van der Waals surface area (Å²) in [6.45, 7) is 2.23. The molecular formula is C20H19BrF2N4O2S. The molecule has 1 aliphatic rings. The molecule has 2 unspecified atom stereocenters. The van der Waals surface area contributed by atoms with Gasteiger partial charge in [-0.1, -0.05) is 6.92 Å². The highest BCUT2D eigenvalue weighted by Gasteiger charge is 2.28. The van der Waals surface area contributed by atoms with Crippen molar-refractivity contribution in [3.63, 3.8) is 0 Å². The predicted octanol–water partition coefficient (Wildman–Crippen LogP) is 4.29. The molecule has 1 fully saturated rings. The number of H-pyrrole nitrogens is 1. The number of anilines is 1. The molecule has 3 heterocycles. The fraction of sp³-hybridized carbons (Fsp3) is 0.300. The molecule has 1 saturated heterocycles. The Hall–Kier alpha value is -2.17. The smallest absolute Gasteiger partial charge is 0.198 e. The first-order chi connectivity index (χ1) is 14.4. The Kier molecular flexibility index (Phi) is 5.99. The average Bonchev–Trinajstić information content (AvgIpc) is 3.34. The van der Waals surface area contributed by atoms with Crippen LogP contribution in [0.2, 0.25) is 0 Å². The molecule has 2 aromatic heterocycles. The maximum absolute atomic E-state index is 14.8. The minimum absolute atomic E-state index is 0.0747. The Morgan fingerprint density at radius 3 is 2.97 bits per heavy atom.